The third kappa shape index (κ3) is 2.07. The maximum absolute atomic E-state index is 9.38. The van der Waals surface area contributed by atoms with Crippen LogP contribution in [0.1, 0.15) is 36.4 Å². The van der Waals surface area contributed by atoms with Gasteiger partial charge in [-0.15, -0.1) is 0 Å². The first kappa shape index (κ1) is 9.53. The van der Waals surface area contributed by atoms with Crippen molar-refractivity contribution in [3.63, 3.8) is 0 Å². The highest BCUT2D eigenvalue weighted by Gasteiger charge is 2.24. The van der Waals surface area contributed by atoms with E-state index in [9.17, 15) is 5.11 Å². The Kier molecular flexibility index (Phi) is 2.46. The van der Waals surface area contributed by atoms with Crippen LogP contribution in [-0.4, -0.2) is 5.11 Å². The largest absolute Gasteiger partial charge is 0.508 e. The van der Waals surface area contributed by atoms with Gasteiger partial charge < -0.3 is 10.8 Å². The zero-order valence-corrected chi connectivity index (χ0v) is 8.53. The van der Waals surface area contributed by atoms with Gasteiger partial charge in [-0.05, 0) is 36.5 Å². The number of phenolic OH excluding ortho intramolecular Hbond substituents is 1. The van der Waals surface area contributed by atoms with Crippen LogP contribution in [0.15, 0.2) is 18.2 Å². The van der Waals surface area contributed by atoms with Crippen LogP contribution in [0.3, 0.4) is 0 Å². The average molecular weight is 191 g/mol. The topological polar surface area (TPSA) is 46.2 Å². The van der Waals surface area contributed by atoms with Crippen molar-refractivity contribution in [3.8, 4) is 5.75 Å². The van der Waals surface area contributed by atoms with E-state index in [0.717, 1.165) is 23.5 Å². The van der Waals surface area contributed by atoms with Crippen molar-refractivity contribution < 1.29 is 5.11 Å². The number of hydrogen-bond donors (Lipinski definition) is 2. The lowest BCUT2D eigenvalue weighted by molar-refractivity contribution is 0.470. The van der Waals surface area contributed by atoms with Crippen molar-refractivity contribution >= 4 is 0 Å². The number of nitrogens with two attached hydrogens (primary N) is 1. The average Bonchev–Trinajstić information content (AvgIpc) is 2.93. The molecule has 0 spiro atoms. The summed E-state index contributed by atoms with van der Waals surface area (Å²) in [5.74, 6) is 1.20. The summed E-state index contributed by atoms with van der Waals surface area (Å²) in [6.45, 7) is 1.91. The molecule has 1 atom stereocenters. The normalized spacial score (nSPS) is 18.1. The van der Waals surface area contributed by atoms with Gasteiger partial charge in [0, 0.05) is 6.04 Å². The van der Waals surface area contributed by atoms with Crippen LogP contribution in [0, 0.1) is 12.8 Å². The van der Waals surface area contributed by atoms with Gasteiger partial charge in [0.05, 0.1) is 0 Å². The van der Waals surface area contributed by atoms with E-state index in [1.54, 1.807) is 6.07 Å². The first-order chi connectivity index (χ1) is 6.66. The smallest absolute Gasteiger partial charge is 0.118 e. The Labute approximate surface area is 84.7 Å². The van der Waals surface area contributed by atoms with Crippen LogP contribution in [0.4, 0.5) is 0 Å². The molecule has 2 heteroatoms. The molecule has 14 heavy (non-hydrogen) atoms. The van der Waals surface area contributed by atoms with E-state index < -0.39 is 0 Å². The molecular weight excluding hydrogens is 174 g/mol. The fraction of sp³-hybridized carbons (Fsp3) is 0.500. The summed E-state index contributed by atoms with van der Waals surface area (Å²) in [6, 6.07) is 5.79. The molecule has 1 aliphatic rings. The second-order valence-electron chi connectivity index (χ2n) is 4.33. The SMILES string of the molecule is Cc1cc([C@@H](N)CC2CC2)ccc1O. The van der Waals surface area contributed by atoms with Crippen molar-refractivity contribution in [2.75, 3.05) is 0 Å². The summed E-state index contributed by atoms with van der Waals surface area (Å²) in [6.07, 6.45) is 3.76. The highest BCUT2D eigenvalue weighted by Crippen LogP contribution is 2.37. The molecule has 0 aliphatic heterocycles. The predicted octanol–water partition coefficient (Wildman–Crippen LogP) is 2.50. The molecule has 1 aromatic carbocycles. The van der Waals surface area contributed by atoms with Gasteiger partial charge in [0.25, 0.3) is 0 Å². The third-order valence-corrected chi connectivity index (χ3v) is 2.93. The molecule has 1 fully saturated rings. The minimum atomic E-state index is 0.141. The van der Waals surface area contributed by atoms with Crippen molar-refractivity contribution in [2.24, 2.45) is 11.7 Å². The van der Waals surface area contributed by atoms with Crippen LogP contribution >= 0.6 is 0 Å². The van der Waals surface area contributed by atoms with Gasteiger partial charge in [-0.25, -0.2) is 0 Å². The molecule has 0 heterocycles. The number of aryl methyl sites for hydroxylation is 1. The fourth-order valence-electron chi connectivity index (χ4n) is 1.76. The monoisotopic (exact) mass is 191 g/mol. The molecule has 0 aromatic heterocycles. The van der Waals surface area contributed by atoms with E-state index in [0.29, 0.717) is 5.75 Å². The van der Waals surface area contributed by atoms with E-state index >= 15 is 0 Å². The first-order valence-corrected chi connectivity index (χ1v) is 5.22. The van der Waals surface area contributed by atoms with Crippen LogP contribution in [-0.2, 0) is 0 Å². The Balaban J connectivity index is 2.10. The van der Waals surface area contributed by atoms with E-state index in [4.69, 9.17) is 5.73 Å². The third-order valence-electron chi connectivity index (χ3n) is 2.93. The Morgan fingerprint density at radius 1 is 1.50 bits per heavy atom. The molecule has 1 saturated carbocycles. The lowest BCUT2D eigenvalue weighted by Gasteiger charge is -2.12. The molecular formula is C12H17NO. The number of phenols is 1. The van der Waals surface area contributed by atoms with Crippen molar-refractivity contribution in [3.05, 3.63) is 29.3 Å². The van der Waals surface area contributed by atoms with E-state index in [2.05, 4.69) is 0 Å². The number of aromatic hydroxyl groups is 1. The van der Waals surface area contributed by atoms with Gasteiger partial charge in [0.1, 0.15) is 5.75 Å². The number of rotatable bonds is 3. The molecule has 1 aliphatic carbocycles. The molecule has 2 rings (SSSR count). The van der Waals surface area contributed by atoms with Gasteiger partial charge in [-0.1, -0.05) is 25.0 Å². The van der Waals surface area contributed by atoms with Gasteiger partial charge in [-0.3, -0.25) is 0 Å². The minimum Gasteiger partial charge on any atom is -0.508 e. The molecule has 0 bridgehead atoms. The lowest BCUT2D eigenvalue weighted by Crippen LogP contribution is -2.10. The predicted molar refractivity (Wildman–Crippen MR) is 57.1 cm³/mol. The van der Waals surface area contributed by atoms with Crippen LogP contribution in [0.25, 0.3) is 0 Å². The number of benzene rings is 1. The van der Waals surface area contributed by atoms with Crippen LogP contribution in [0.5, 0.6) is 5.75 Å². The number of hydrogen-bond acceptors (Lipinski definition) is 2. The van der Waals surface area contributed by atoms with E-state index in [-0.39, 0.29) is 6.04 Å². The maximum Gasteiger partial charge on any atom is 0.118 e. The summed E-state index contributed by atoms with van der Waals surface area (Å²) < 4.78 is 0. The first-order valence-electron chi connectivity index (χ1n) is 5.22. The van der Waals surface area contributed by atoms with E-state index in [1.165, 1.54) is 12.8 Å². The lowest BCUT2D eigenvalue weighted by atomic mass is 10.00. The summed E-state index contributed by atoms with van der Waals surface area (Å²) in [5, 5.41) is 9.38. The highest BCUT2D eigenvalue weighted by atomic mass is 16.3. The van der Waals surface area contributed by atoms with Gasteiger partial charge in [0.15, 0.2) is 0 Å². The Hall–Kier alpha value is -1.02. The Morgan fingerprint density at radius 2 is 2.21 bits per heavy atom. The minimum absolute atomic E-state index is 0.141. The molecule has 76 valence electrons. The summed E-state index contributed by atoms with van der Waals surface area (Å²) in [4.78, 5) is 0. The zero-order chi connectivity index (χ0) is 10.1. The Morgan fingerprint density at radius 3 is 2.79 bits per heavy atom. The van der Waals surface area contributed by atoms with Crippen LogP contribution in [0.2, 0.25) is 0 Å². The van der Waals surface area contributed by atoms with Gasteiger partial charge in [0.2, 0.25) is 0 Å². The molecule has 2 nitrogen and oxygen atoms in total. The summed E-state index contributed by atoms with van der Waals surface area (Å²) in [5.41, 5.74) is 8.13. The molecule has 0 radical (unpaired) electrons. The van der Waals surface area contributed by atoms with E-state index in [1.807, 2.05) is 19.1 Å². The quantitative estimate of drug-likeness (QED) is 0.771. The maximum atomic E-state index is 9.38. The van der Waals surface area contributed by atoms with Crippen molar-refractivity contribution in [1.82, 2.24) is 0 Å². The van der Waals surface area contributed by atoms with Crippen LogP contribution < -0.4 is 5.73 Å². The zero-order valence-electron chi connectivity index (χ0n) is 8.53. The molecule has 0 unspecified atom stereocenters. The fourth-order valence-corrected chi connectivity index (χ4v) is 1.76. The standard InChI is InChI=1S/C12H17NO/c1-8-6-10(4-5-12(8)14)11(13)7-9-2-3-9/h4-6,9,11,14H,2-3,7,13H2,1H3/t11-/m0/s1. The summed E-state index contributed by atoms with van der Waals surface area (Å²) in [7, 11) is 0. The summed E-state index contributed by atoms with van der Waals surface area (Å²) >= 11 is 0. The second kappa shape index (κ2) is 3.62. The van der Waals surface area contributed by atoms with Crippen molar-refractivity contribution in [2.45, 2.75) is 32.2 Å². The second-order valence-corrected chi connectivity index (χ2v) is 4.33. The van der Waals surface area contributed by atoms with Gasteiger partial charge >= 0.3 is 0 Å². The van der Waals surface area contributed by atoms with Gasteiger partial charge in [-0.2, -0.15) is 0 Å². The molecule has 0 saturated heterocycles. The van der Waals surface area contributed by atoms with Crippen molar-refractivity contribution in [1.29, 1.82) is 0 Å². The molecule has 1 aromatic rings. The molecule has 0 amide bonds. The Bertz CT molecular complexity index is 331. The molecule has 3 N–H and O–H groups in total. The highest BCUT2D eigenvalue weighted by molar-refractivity contribution is 5.36.